The second-order valence-electron chi connectivity index (χ2n) is 6.21. The van der Waals surface area contributed by atoms with Gasteiger partial charge in [-0.15, -0.1) is 23.5 Å². The van der Waals surface area contributed by atoms with Crippen LogP contribution in [0.15, 0.2) is 24.3 Å². The van der Waals surface area contributed by atoms with Crippen molar-refractivity contribution < 1.29 is 28.4 Å². The van der Waals surface area contributed by atoms with Gasteiger partial charge in [0.1, 0.15) is 0 Å². The minimum Gasteiger partial charge on any atom is -0.493 e. The summed E-state index contributed by atoms with van der Waals surface area (Å²) in [6.45, 7) is 0. The lowest BCUT2D eigenvalue weighted by molar-refractivity contribution is 0.324. The maximum absolute atomic E-state index is 5.51. The van der Waals surface area contributed by atoms with Gasteiger partial charge in [-0.1, -0.05) is 0 Å². The summed E-state index contributed by atoms with van der Waals surface area (Å²) in [4.78, 5) is 0. The van der Waals surface area contributed by atoms with E-state index < -0.39 is 0 Å². The summed E-state index contributed by atoms with van der Waals surface area (Å²) in [7, 11) is 9.76. The number of ether oxygens (including phenoxy) is 6. The van der Waals surface area contributed by atoms with Crippen LogP contribution in [0.3, 0.4) is 0 Å². The van der Waals surface area contributed by atoms with E-state index in [1.165, 1.54) is 0 Å². The first-order valence-electron chi connectivity index (χ1n) is 8.97. The first-order valence-corrected chi connectivity index (χ1v) is 11.0. The Morgan fingerprint density at radius 2 is 1.03 bits per heavy atom. The fourth-order valence-corrected chi connectivity index (χ4v) is 6.53. The lowest BCUT2D eigenvalue weighted by atomic mass is 10.1. The molecule has 1 aliphatic heterocycles. The van der Waals surface area contributed by atoms with E-state index in [0.29, 0.717) is 34.5 Å². The molecule has 2 aromatic rings. The summed E-state index contributed by atoms with van der Waals surface area (Å²) in [5, 5.41) is 0.290. The zero-order chi connectivity index (χ0) is 21.0. The Hall–Kier alpha value is -2.06. The summed E-state index contributed by atoms with van der Waals surface area (Å²) >= 11 is 3.76. The first-order chi connectivity index (χ1) is 14.1. The van der Waals surface area contributed by atoms with E-state index in [1.807, 2.05) is 47.8 Å². The second-order valence-corrected chi connectivity index (χ2v) is 8.96. The molecule has 0 saturated carbocycles. The lowest BCUT2D eigenvalue weighted by Crippen LogP contribution is -1.99. The minimum absolute atomic E-state index is 0.243. The lowest BCUT2D eigenvalue weighted by Gasteiger charge is -2.18. The normalized spacial score (nSPS) is 18.3. The predicted octanol–water partition coefficient (Wildman–Crippen LogP) is 4.96. The van der Waals surface area contributed by atoms with Crippen LogP contribution >= 0.6 is 23.5 Å². The molecule has 0 N–H and O–H groups in total. The number of methoxy groups -OCH3 is 6. The topological polar surface area (TPSA) is 55.4 Å². The van der Waals surface area contributed by atoms with Crippen molar-refractivity contribution in [1.29, 1.82) is 0 Å². The van der Waals surface area contributed by atoms with Gasteiger partial charge in [-0.05, 0) is 35.4 Å². The fourth-order valence-electron chi connectivity index (χ4n) is 3.28. The van der Waals surface area contributed by atoms with Crippen LogP contribution in [0, 0.1) is 0 Å². The molecule has 158 valence electrons. The minimum atomic E-state index is 0.243. The zero-order valence-corrected chi connectivity index (χ0v) is 19.1. The van der Waals surface area contributed by atoms with Crippen LogP contribution in [-0.2, 0) is 0 Å². The third-order valence-electron chi connectivity index (χ3n) is 4.70. The van der Waals surface area contributed by atoms with Crippen molar-refractivity contribution in [2.45, 2.75) is 9.83 Å². The Balaban J connectivity index is 1.89. The molecule has 1 heterocycles. The highest BCUT2D eigenvalue weighted by atomic mass is 32.2. The molecule has 29 heavy (non-hydrogen) atoms. The van der Waals surface area contributed by atoms with E-state index in [0.717, 1.165) is 16.9 Å². The van der Waals surface area contributed by atoms with Gasteiger partial charge in [0.05, 0.1) is 47.2 Å². The van der Waals surface area contributed by atoms with Gasteiger partial charge in [0.2, 0.25) is 11.5 Å². The number of thioether (sulfide) groups is 2. The van der Waals surface area contributed by atoms with Crippen LogP contribution in [0.4, 0.5) is 0 Å². The molecular formula is C21H26O6S2. The SMILES string of the molecule is COc1cc(C2CSC(c3cc(OC)c(OC)c(OC)c3)S2)cc(OC)c1OC. The fraction of sp³-hybridized carbons (Fsp3) is 0.429. The van der Waals surface area contributed by atoms with Crippen molar-refractivity contribution in [2.75, 3.05) is 48.4 Å². The number of hydrogen-bond acceptors (Lipinski definition) is 8. The van der Waals surface area contributed by atoms with E-state index in [2.05, 4.69) is 0 Å². The third-order valence-corrected chi connectivity index (χ3v) is 8.04. The molecule has 2 atom stereocenters. The van der Waals surface area contributed by atoms with Gasteiger partial charge in [0, 0.05) is 11.0 Å². The zero-order valence-electron chi connectivity index (χ0n) is 17.4. The monoisotopic (exact) mass is 438 g/mol. The highest BCUT2D eigenvalue weighted by molar-refractivity contribution is 8.19. The van der Waals surface area contributed by atoms with Gasteiger partial charge in [0.25, 0.3) is 0 Å². The molecule has 0 bridgehead atoms. The molecule has 1 aliphatic rings. The molecule has 6 nitrogen and oxygen atoms in total. The standard InChI is InChI=1S/C21H26O6S2/c1-22-14-7-12(8-15(23-2)19(14)26-5)18-11-28-21(29-18)13-9-16(24-3)20(27-6)17(10-13)25-4/h7-10,18,21H,11H2,1-6H3. The Morgan fingerprint density at radius 3 is 1.41 bits per heavy atom. The van der Waals surface area contributed by atoms with Gasteiger partial charge in [-0.25, -0.2) is 0 Å². The van der Waals surface area contributed by atoms with Crippen LogP contribution in [0.25, 0.3) is 0 Å². The molecule has 2 aromatic carbocycles. The largest absolute Gasteiger partial charge is 0.493 e. The van der Waals surface area contributed by atoms with Crippen LogP contribution in [0.5, 0.6) is 34.5 Å². The quantitative estimate of drug-likeness (QED) is 0.573. The van der Waals surface area contributed by atoms with Crippen molar-refractivity contribution in [3.8, 4) is 34.5 Å². The van der Waals surface area contributed by atoms with Crippen LogP contribution in [0.1, 0.15) is 21.0 Å². The Kier molecular flexibility index (Phi) is 7.18. The molecule has 0 radical (unpaired) electrons. The van der Waals surface area contributed by atoms with E-state index in [1.54, 1.807) is 42.7 Å². The van der Waals surface area contributed by atoms with Crippen molar-refractivity contribution >= 4 is 23.5 Å². The highest BCUT2D eigenvalue weighted by Gasteiger charge is 2.31. The maximum Gasteiger partial charge on any atom is 0.203 e. The van der Waals surface area contributed by atoms with Crippen molar-refractivity contribution in [3.05, 3.63) is 35.4 Å². The summed E-state index contributed by atoms with van der Waals surface area (Å²) in [6.07, 6.45) is 0. The molecule has 0 amide bonds. The van der Waals surface area contributed by atoms with Gasteiger partial charge >= 0.3 is 0 Å². The number of rotatable bonds is 8. The Labute approximate surface area is 180 Å². The summed E-state index contributed by atoms with van der Waals surface area (Å²) in [5.41, 5.74) is 2.27. The summed E-state index contributed by atoms with van der Waals surface area (Å²) in [6, 6.07) is 8.08. The molecule has 8 heteroatoms. The molecule has 3 rings (SSSR count). The highest BCUT2D eigenvalue weighted by Crippen LogP contribution is 2.58. The molecule has 1 saturated heterocycles. The van der Waals surface area contributed by atoms with Crippen molar-refractivity contribution in [3.63, 3.8) is 0 Å². The van der Waals surface area contributed by atoms with Crippen LogP contribution < -0.4 is 28.4 Å². The van der Waals surface area contributed by atoms with Crippen molar-refractivity contribution in [1.82, 2.24) is 0 Å². The van der Waals surface area contributed by atoms with Gasteiger partial charge in [0.15, 0.2) is 23.0 Å². The van der Waals surface area contributed by atoms with E-state index in [4.69, 9.17) is 28.4 Å². The third kappa shape index (κ3) is 4.28. The molecule has 0 aliphatic carbocycles. The van der Waals surface area contributed by atoms with Gasteiger partial charge in [-0.2, -0.15) is 0 Å². The van der Waals surface area contributed by atoms with Crippen molar-refractivity contribution in [2.24, 2.45) is 0 Å². The van der Waals surface area contributed by atoms with Crippen LogP contribution in [0.2, 0.25) is 0 Å². The van der Waals surface area contributed by atoms with Gasteiger partial charge < -0.3 is 28.4 Å². The van der Waals surface area contributed by atoms with Crippen LogP contribution in [-0.4, -0.2) is 48.4 Å². The Bertz CT molecular complexity index is 738. The van der Waals surface area contributed by atoms with E-state index in [-0.39, 0.29) is 9.83 Å². The molecular weight excluding hydrogens is 412 g/mol. The summed E-state index contributed by atoms with van der Waals surface area (Å²) in [5.74, 6) is 4.85. The number of hydrogen-bond donors (Lipinski definition) is 0. The second kappa shape index (κ2) is 9.63. The molecule has 0 aromatic heterocycles. The average Bonchev–Trinajstić information content (AvgIpc) is 3.27. The molecule has 1 fully saturated rings. The van der Waals surface area contributed by atoms with Gasteiger partial charge in [-0.3, -0.25) is 0 Å². The average molecular weight is 439 g/mol. The van der Waals surface area contributed by atoms with E-state index in [9.17, 15) is 0 Å². The van der Waals surface area contributed by atoms with E-state index >= 15 is 0 Å². The maximum atomic E-state index is 5.51. The Morgan fingerprint density at radius 1 is 0.621 bits per heavy atom. The molecule has 2 unspecified atom stereocenters. The summed E-state index contributed by atoms with van der Waals surface area (Å²) < 4.78 is 33.1. The predicted molar refractivity (Wildman–Crippen MR) is 118 cm³/mol. The molecule has 0 spiro atoms. The first kappa shape index (κ1) is 21.6. The smallest absolute Gasteiger partial charge is 0.203 e. The number of benzene rings is 2.